The lowest BCUT2D eigenvalue weighted by Crippen LogP contribution is -2.03. The van der Waals surface area contributed by atoms with Crippen LogP contribution in [0.15, 0.2) is 44.7 Å². The molecular formula is C16H14N6O3S2. The van der Waals surface area contributed by atoms with Gasteiger partial charge in [-0.05, 0) is 34.0 Å². The lowest BCUT2D eigenvalue weighted by atomic mass is 10.3. The van der Waals surface area contributed by atoms with Gasteiger partial charge in [-0.2, -0.15) is 21.0 Å². The standard InChI is InChI=1S/C16H14N6O3S2/c1-23-11-3-4-13(24-2)12(7-11)22-16(18-20-21-22)27-9-14-17-15(25-19-14)10-5-6-26-8-10/h3-8H,9H2,1-2H3. The molecule has 0 unspecified atom stereocenters. The second kappa shape index (κ2) is 7.76. The first-order valence-corrected chi connectivity index (χ1v) is 9.70. The quantitative estimate of drug-likeness (QED) is 0.432. The van der Waals surface area contributed by atoms with Gasteiger partial charge in [0.1, 0.15) is 17.2 Å². The Balaban J connectivity index is 1.55. The molecule has 0 fully saturated rings. The van der Waals surface area contributed by atoms with Crippen molar-refractivity contribution in [3.8, 4) is 28.6 Å². The van der Waals surface area contributed by atoms with Crippen molar-refractivity contribution in [1.29, 1.82) is 0 Å². The van der Waals surface area contributed by atoms with E-state index in [0.29, 0.717) is 39.8 Å². The third-order valence-electron chi connectivity index (χ3n) is 3.62. The van der Waals surface area contributed by atoms with Gasteiger partial charge in [0.2, 0.25) is 5.16 Å². The summed E-state index contributed by atoms with van der Waals surface area (Å²) in [6.07, 6.45) is 0. The molecule has 0 saturated heterocycles. The van der Waals surface area contributed by atoms with E-state index in [0.717, 1.165) is 5.56 Å². The highest BCUT2D eigenvalue weighted by atomic mass is 32.2. The maximum atomic E-state index is 5.41. The van der Waals surface area contributed by atoms with E-state index in [2.05, 4.69) is 25.7 Å². The lowest BCUT2D eigenvalue weighted by molar-refractivity contribution is 0.399. The molecule has 0 radical (unpaired) electrons. The fraction of sp³-hybridized carbons (Fsp3) is 0.188. The van der Waals surface area contributed by atoms with Crippen molar-refractivity contribution in [2.24, 2.45) is 0 Å². The number of ether oxygens (including phenoxy) is 2. The number of methoxy groups -OCH3 is 2. The van der Waals surface area contributed by atoms with Crippen molar-refractivity contribution in [1.82, 2.24) is 30.3 Å². The van der Waals surface area contributed by atoms with Crippen LogP contribution in [0.1, 0.15) is 5.82 Å². The van der Waals surface area contributed by atoms with Crippen molar-refractivity contribution in [2.45, 2.75) is 10.9 Å². The third-order valence-corrected chi connectivity index (χ3v) is 5.22. The molecule has 4 aromatic rings. The molecule has 4 rings (SSSR count). The summed E-state index contributed by atoms with van der Waals surface area (Å²) >= 11 is 2.97. The first-order chi connectivity index (χ1) is 13.3. The molecule has 0 aliphatic rings. The number of tetrazole rings is 1. The molecule has 0 atom stereocenters. The number of hydrogen-bond donors (Lipinski definition) is 0. The number of benzene rings is 1. The molecule has 0 saturated carbocycles. The zero-order chi connectivity index (χ0) is 18.6. The molecule has 11 heteroatoms. The third kappa shape index (κ3) is 3.64. The summed E-state index contributed by atoms with van der Waals surface area (Å²) in [5.74, 6) is 2.83. The van der Waals surface area contributed by atoms with Crippen molar-refractivity contribution >= 4 is 23.1 Å². The minimum Gasteiger partial charge on any atom is -0.497 e. The lowest BCUT2D eigenvalue weighted by Gasteiger charge is -2.10. The van der Waals surface area contributed by atoms with E-state index in [1.807, 2.05) is 29.0 Å². The Hall–Kier alpha value is -2.92. The smallest absolute Gasteiger partial charge is 0.258 e. The first kappa shape index (κ1) is 17.5. The van der Waals surface area contributed by atoms with Gasteiger partial charge in [-0.1, -0.05) is 16.9 Å². The molecule has 0 aliphatic carbocycles. The molecule has 0 bridgehead atoms. The van der Waals surface area contributed by atoms with Crippen molar-refractivity contribution in [2.75, 3.05) is 14.2 Å². The number of thiophene rings is 1. The minimum atomic E-state index is 0.459. The van der Waals surface area contributed by atoms with Gasteiger partial charge in [0.15, 0.2) is 5.82 Å². The van der Waals surface area contributed by atoms with E-state index in [1.54, 1.807) is 36.3 Å². The van der Waals surface area contributed by atoms with Crippen molar-refractivity contribution in [3.63, 3.8) is 0 Å². The molecule has 138 valence electrons. The van der Waals surface area contributed by atoms with Crippen LogP contribution in [0.5, 0.6) is 11.5 Å². The molecule has 9 nitrogen and oxygen atoms in total. The molecule has 1 aromatic carbocycles. The number of aromatic nitrogens is 6. The molecule has 3 aromatic heterocycles. The van der Waals surface area contributed by atoms with Crippen LogP contribution in [-0.4, -0.2) is 44.6 Å². The Morgan fingerprint density at radius 2 is 2.15 bits per heavy atom. The van der Waals surface area contributed by atoms with Gasteiger partial charge >= 0.3 is 0 Å². The monoisotopic (exact) mass is 402 g/mol. The summed E-state index contributed by atoms with van der Waals surface area (Å²) < 4.78 is 17.6. The normalized spacial score (nSPS) is 10.9. The van der Waals surface area contributed by atoms with E-state index < -0.39 is 0 Å². The number of thioether (sulfide) groups is 1. The summed E-state index contributed by atoms with van der Waals surface area (Å²) in [5, 5.41) is 20.4. The number of hydrogen-bond acceptors (Lipinski definition) is 10. The van der Waals surface area contributed by atoms with Gasteiger partial charge in [0.25, 0.3) is 5.89 Å². The van der Waals surface area contributed by atoms with Crippen LogP contribution in [0.25, 0.3) is 17.1 Å². The highest BCUT2D eigenvalue weighted by molar-refractivity contribution is 7.98. The fourth-order valence-corrected chi connectivity index (χ4v) is 3.68. The summed E-state index contributed by atoms with van der Waals surface area (Å²) in [7, 11) is 3.19. The highest BCUT2D eigenvalue weighted by Gasteiger charge is 2.16. The van der Waals surface area contributed by atoms with Crippen LogP contribution in [-0.2, 0) is 5.75 Å². The average molecular weight is 402 g/mol. The Labute approximate surface area is 162 Å². The van der Waals surface area contributed by atoms with Crippen molar-refractivity contribution < 1.29 is 14.0 Å². The van der Waals surface area contributed by atoms with Gasteiger partial charge < -0.3 is 14.0 Å². The van der Waals surface area contributed by atoms with E-state index in [-0.39, 0.29) is 0 Å². The largest absolute Gasteiger partial charge is 0.497 e. The van der Waals surface area contributed by atoms with Gasteiger partial charge in [0.05, 0.1) is 25.5 Å². The van der Waals surface area contributed by atoms with E-state index in [9.17, 15) is 0 Å². The topological polar surface area (TPSA) is 101 Å². The van der Waals surface area contributed by atoms with Crippen LogP contribution in [0.2, 0.25) is 0 Å². The fourth-order valence-electron chi connectivity index (χ4n) is 2.33. The van der Waals surface area contributed by atoms with Gasteiger partial charge in [0, 0.05) is 11.4 Å². The molecule has 0 aliphatic heterocycles. The molecular weight excluding hydrogens is 388 g/mol. The van der Waals surface area contributed by atoms with Crippen LogP contribution >= 0.6 is 23.1 Å². The Bertz CT molecular complexity index is 1030. The summed E-state index contributed by atoms with van der Waals surface area (Å²) in [6.45, 7) is 0. The van der Waals surface area contributed by atoms with Crippen LogP contribution in [0, 0.1) is 0 Å². The molecule has 27 heavy (non-hydrogen) atoms. The molecule has 0 amide bonds. The predicted octanol–water partition coefficient (Wildman–Crippen LogP) is 3.08. The molecule has 3 heterocycles. The second-order valence-electron chi connectivity index (χ2n) is 5.23. The van der Waals surface area contributed by atoms with Gasteiger partial charge in [-0.25, -0.2) is 0 Å². The average Bonchev–Trinajstić information content (AvgIpc) is 3.46. The van der Waals surface area contributed by atoms with Crippen LogP contribution < -0.4 is 9.47 Å². The maximum Gasteiger partial charge on any atom is 0.258 e. The van der Waals surface area contributed by atoms with Gasteiger partial charge in [-0.3, -0.25) is 0 Å². The Kier molecular flexibility index (Phi) is 5.03. The van der Waals surface area contributed by atoms with Gasteiger partial charge in [-0.15, -0.1) is 5.10 Å². The first-order valence-electron chi connectivity index (χ1n) is 7.77. The zero-order valence-electron chi connectivity index (χ0n) is 14.4. The Morgan fingerprint density at radius 3 is 2.93 bits per heavy atom. The minimum absolute atomic E-state index is 0.459. The summed E-state index contributed by atoms with van der Waals surface area (Å²) in [5.41, 5.74) is 1.59. The van der Waals surface area contributed by atoms with E-state index in [1.165, 1.54) is 11.8 Å². The molecule has 0 N–H and O–H groups in total. The van der Waals surface area contributed by atoms with Crippen LogP contribution in [0.3, 0.4) is 0 Å². The highest BCUT2D eigenvalue weighted by Crippen LogP contribution is 2.30. The SMILES string of the molecule is COc1ccc(OC)c(-n2nnnc2SCc2noc(-c3ccsc3)n2)c1. The zero-order valence-corrected chi connectivity index (χ0v) is 16.0. The number of nitrogens with zero attached hydrogens (tertiary/aromatic N) is 6. The summed E-state index contributed by atoms with van der Waals surface area (Å²) in [4.78, 5) is 4.40. The maximum absolute atomic E-state index is 5.41. The summed E-state index contributed by atoms with van der Waals surface area (Å²) in [6, 6.07) is 7.36. The van der Waals surface area contributed by atoms with E-state index >= 15 is 0 Å². The van der Waals surface area contributed by atoms with E-state index in [4.69, 9.17) is 14.0 Å². The Morgan fingerprint density at radius 1 is 1.22 bits per heavy atom. The second-order valence-corrected chi connectivity index (χ2v) is 6.95. The van der Waals surface area contributed by atoms with Crippen LogP contribution in [0.4, 0.5) is 0 Å². The van der Waals surface area contributed by atoms with Crippen molar-refractivity contribution in [3.05, 3.63) is 40.8 Å². The predicted molar refractivity (Wildman–Crippen MR) is 99.4 cm³/mol. The number of rotatable bonds is 7. The molecule has 0 spiro atoms.